The molecule has 24 heavy (non-hydrogen) atoms. The van der Waals surface area contributed by atoms with E-state index >= 15 is 0 Å². The first-order valence-corrected chi connectivity index (χ1v) is 8.00. The fraction of sp³-hybridized carbons (Fsp3) is 0.263. The lowest BCUT2D eigenvalue weighted by atomic mass is 10.0. The Labute approximate surface area is 141 Å². The summed E-state index contributed by atoms with van der Waals surface area (Å²) in [6, 6.07) is 12.3. The van der Waals surface area contributed by atoms with Gasteiger partial charge in [-0.1, -0.05) is 12.1 Å². The predicted octanol–water partition coefficient (Wildman–Crippen LogP) is 2.62. The van der Waals surface area contributed by atoms with Gasteiger partial charge < -0.3 is 14.8 Å². The molecule has 2 aromatic heterocycles. The molecule has 5 nitrogen and oxygen atoms in total. The molecule has 0 radical (unpaired) electrons. The standard InChI is InChI=1S/C19H22N4O/c1-20-19(24)17-12-16(6-8-21-17)15-5-4-14-7-9-23(18(14)13-15)11-10-22(2)3/h4-9,12-13H,10-11H2,1-3H3,(H,20,24). The zero-order valence-electron chi connectivity index (χ0n) is 14.3. The smallest absolute Gasteiger partial charge is 0.269 e. The van der Waals surface area contributed by atoms with Crippen LogP contribution in [0.15, 0.2) is 48.8 Å². The second-order valence-electron chi connectivity index (χ2n) is 6.09. The molecule has 124 valence electrons. The molecule has 0 aliphatic carbocycles. The third-order valence-electron chi connectivity index (χ3n) is 4.11. The van der Waals surface area contributed by atoms with Crippen LogP contribution in [0.3, 0.4) is 0 Å². The molecule has 0 atom stereocenters. The first kappa shape index (κ1) is 16.2. The van der Waals surface area contributed by atoms with Gasteiger partial charge in [0.2, 0.25) is 0 Å². The van der Waals surface area contributed by atoms with Gasteiger partial charge in [-0.05, 0) is 54.9 Å². The topological polar surface area (TPSA) is 50.2 Å². The van der Waals surface area contributed by atoms with Crippen LogP contribution < -0.4 is 5.32 Å². The van der Waals surface area contributed by atoms with E-state index in [9.17, 15) is 4.79 Å². The molecule has 0 saturated heterocycles. The van der Waals surface area contributed by atoms with Crippen molar-refractivity contribution >= 4 is 16.8 Å². The van der Waals surface area contributed by atoms with E-state index in [0.717, 1.165) is 24.2 Å². The zero-order valence-corrected chi connectivity index (χ0v) is 14.3. The molecule has 0 saturated carbocycles. The zero-order chi connectivity index (χ0) is 17.1. The van der Waals surface area contributed by atoms with E-state index < -0.39 is 0 Å². The number of benzene rings is 1. The normalized spacial score (nSPS) is 11.2. The molecule has 1 aromatic carbocycles. The quantitative estimate of drug-likeness (QED) is 0.785. The van der Waals surface area contributed by atoms with E-state index in [1.807, 2.05) is 12.1 Å². The first-order chi connectivity index (χ1) is 11.6. The van der Waals surface area contributed by atoms with Crippen LogP contribution in [0.5, 0.6) is 0 Å². The second kappa shape index (κ2) is 6.84. The van der Waals surface area contributed by atoms with Crippen LogP contribution in [0.2, 0.25) is 0 Å². The number of fused-ring (bicyclic) bond motifs is 1. The number of carbonyl (C=O) groups is 1. The van der Waals surface area contributed by atoms with E-state index in [2.05, 4.69) is 64.3 Å². The van der Waals surface area contributed by atoms with E-state index in [1.54, 1.807) is 13.2 Å². The predicted molar refractivity (Wildman–Crippen MR) is 97.1 cm³/mol. The molecule has 0 aliphatic heterocycles. The number of carbonyl (C=O) groups excluding carboxylic acids is 1. The number of nitrogens with zero attached hydrogens (tertiary/aromatic N) is 3. The summed E-state index contributed by atoms with van der Waals surface area (Å²) in [7, 11) is 5.77. The number of likely N-dealkylation sites (N-methyl/N-ethyl adjacent to an activating group) is 1. The third kappa shape index (κ3) is 3.31. The van der Waals surface area contributed by atoms with E-state index in [4.69, 9.17) is 0 Å². The van der Waals surface area contributed by atoms with Gasteiger partial charge in [0.25, 0.3) is 5.91 Å². The van der Waals surface area contributed by atoms with E-state index in [1.165, 1.54) is 10.9 Å². The van der Waals surface area contributed by atoms with Crippen molar-refractivity contribution in [1.82, 2.24) is 19.8 Å². The maximum atomic E-state index is 11.8. The van der Waals surface area contributed by atoms with Crippen molar-refractivity contribution in [3.63, 3.8) is 0 Å². The Bertz CT molecular complexity index is 867. The molecule has 0 unspecified atom stereocenters. The van der Waals surface area contributed by atoms with Crippen molar-refractivity contribution in [3.05, 3.63) is 54.5 Å². The summed E-state index contributed by atoms with van der Waals surface area (Å²) in [6.07, 6.45) is 3.80. The summed E-state index contributed by atoms with van der Waals surface area (Å²) in [5, 5.41) is 3.83. The summed E-state index contributed by atoms with van der Waals surface area (Å²) >= 11 is 0. The molecule has 0 fully saturated rings. The lowest BCUT2D eigenvalue weighted by Gasteiger charge is -2.12. The van der Waals surface area contributed by atoms with Crippen molar-refractivity contribution in [2.45, 2.75) is 6.54 Å². The van der Waals surface area contributed by atoms with Crippen molar-refractivity contribution in [2.24, 2.45) is 0 Å². The second-order valence-corrected chi connectivity index (χ2v) is 6.09. The number of hydrogen-bond acceptors (Lipinski definition) is 3. The highest BCUT2D eigenvalue weighted by Crippen LogP contribution is 2.25. The van der Waals surface area contributed by atoms with Crippen molar-refractivity contribution in [2.75, 3.05) is 27.7 Å². The molecule has 3 rings (SSSR count). The fourth-order valence-corrected chi connectivity index (χ4v) is 2.73. The number of pyridine rings is 1. The van der Waals surface area contributed by atoms with Crippen LogP contribution in [0.1, 0.15) is 10.5 Å². The van der Waals surface area contributed by atoms with Gasteiger partial charge >= 0.3 is 0 Å². The Balaban J connectivity index is 1.98. The fourth-order valence-electron chi connectivity index (χ4n) is 2.73. The number of nitrogens with one attached hydrogen (secondary N) is 1. The third-order valence-corrected chi connectivity index (χ3v) is 4.11. The van der Waals surface area contributed by atoms with Gasteiger partial charge in [0.15, 0.2) is 0 Å². The summed E-state index contributed by atoms with van der Waals surface area (Å²) in [6.45, 7) is 1.93. The van der Waals surface area contributed by atoms with Gasteiger partial charge in [-0.15, -0.1) is 0 Å². The maximum Gasteiger partial charge on any atom is 0.269 e. The SMILES string of the molecule is CNC(=O)c1cc(-c2ccc3ccn(CCN(C)C)c3c2)ccn1. The van der Waals surface area contributed by atoms with E-state index in [-0.39, 0.29) is 5.91 Å². The minimum atomic E-state index is -0.174. The highest BCUT2D eigenvalue weighted by atomic mass is 16.1. The van der Waals surface area contributed by atoms with Gasteiger partial charge in [-0.3, -0.25) is 9.78 Å². The summed E-state index contributed by atoms with van der Waals surface area (Å²) < 4.78 is 2.26. The molecule has 0 bridgehead atoms. The average molecular weight is 322 g/mol. The van der Waals surface area contributed by atoms with Crippen molar-refractivity contribution in [3.8, 4) is 11.1 Å². The molecule has 1 N–H and O–H groups in total. The lowest BCUT2D eigenvalue weighted by Crippen LogP contribution is -2.19. The van der Waals surface area contributed by atoms with E-state index in [0.29, 0.717) is 5.69 Å². The molecular formula is C19H22N4O. The first-order valence-electron chi connectivity index (χ1n) is 8.00. The van der Waals surface area contributed by atoms with Crippen LogP contribution >= 0.6 is 0 Å². The van der Waals surface area contributed by atoms with Gasteiger partial charge in [-0.25, -0.2) is 0 Å². The molecule has 0 spiro atoms. The molecule has 1 amide bonds. The van der Waals surface area contributed by atoms with Gasteiger partial charge in [0.05, 0.1) is 0 Å². The Kier molecular flexibility index (Phi) is 4.62. The Morgan fingerprint density at radius 3 is 2.71 bits per heavy atom. The van der Waals surface area contributed by atoms with Crippen molar-refractivity contribution < 1.29 is 4.79 Å². The van der Waals surface area contributed by atoms with Gasteiger partial charge in [-0.2, -0.15) is 0 Å². The summed E-state index contributed by atoms with van der Waals surface area (Å²) in [4.78, 5) is 18.1. The number of hydrogen-bond donors (Lipinski definition) is 1. The number of rotatable bonds is 5. The highest BCUT2D eigenvalue weighted by molar-refractivity contribution is 5.93. The maximum absolute atomic E-state index is 11.8. The number of amides is 1. The van der Waals surface area contributed by atoms with Gasteiger partial charge in [0, 0.05) is 38.0 Å². The lowest BCUT2D eigenvalue weighted by molar-refractivity contribution is 0.0958. The Morgan fingerprint density at radius 2 is 1.96 bits per heavy atom. The largest absolute Gasteiger partial charge is 0.354 e. The average Bonchev–Trinajstić information content (AvgIpc) is 3.01. The van der Waals surface area contributed by atoms with Gasteiger partial charge in [0.1, 0.15) is 5.69 Å². The van der Waals surface area contributed by atoms with Crippen LogP contribution in [0.4, 0.5) is 0 Å². The number of aromatic nitrogens is 2. The monoisotopic (exact) mass is 322 g/mol. The van der Waals surface area contributed by atoms with Crippen LogP contribution in [-0.4, -0.2) is 48.0 Å². The minimum Gasteiger partial charge on any atom is -0.354 e. The Hall–Kier alpha value is -2.66. The summed E-state index contributed by atoms with van der Waals surface area (Å²) in [5.41, 5.74) is 3.71. The van der Waals surface area contributed by atoms with Crippen LogP contribution in [0.25, 0.3) is 22.0 Å². The van der Waals surface area contributed by atoms with Crippen molar-refractivity contribution in [1.29, 1.82) is 0 Å². The van der Waals surface area contributed by atoms with Crippen LogP contribution in [0, 0.1) is 0 Å². The molecule has 2 heterocycles. The minimum absolute atomic E-state index is 0.174. The highest BCUT2D eigenvalue weighted by Gasteiger charge is 2.08. The Morgan fingerprint density at radius 1 is 1.17 bits per heavy atom. The molecule has 5 heteroatoms. The molecule has 0 aliphatic rings. The van der Waals surface area contributed by atoms with Crippen LogP contribution in [-0.2, 0) is 6.54 Å². The molecule has 3 aromatic rings. The molecular weight excluding hydrogens is 300 g/mol. The summed E-state index contributed by atoms with van der Waals surface area (Å²) in [5.74, 6) is -0.174.